The van der Waals surface area contributed by atoms with Crippen molar-refractivity contribution in [2.75, 3.05) is 6.54 Å². The van der Waals surface area contributed by atoms with E-state index in [0.717, 1.165) is 42.1 Å². The van der Waals surface area contributed by atoms with Gasteiger partial charge >= 0.3 is 0 Å². The fourth-order valence-electron chi connectivity index (χ4n) is 4.98. The Labute approximate surface area is 93.8 Å². The number of nitrogens with two attached hydrogens (primary N) is 1. The van der Waals surface area contributed by atoms with Gasteiger partial charge in [0.2, 0.25) is 0 Å². The second-order valence-electron chi connectivity index (χ2n) is 6.67. The summed E-state index contributed by atoms with van der Waals surface area (Å²) < 4.78 is 0. The molecule has 4 saturated carbocycles. The van der Waals surface area contributed by atoms with E-state index in [1.807, 2.05) is 0 Å². The second-order valence-corrected chi connectivity index (χ2v) is 6.67. The van der Waals surface area contributed by atoms with E-state index in [2.05, 4.69) is 6.92 Å². The zero-order chi connectivity index (χ0) is 10.4. The smallest absolute Gasteiger partial charge is 0.00514 e. The Hall–Kier alpha value is -0.0400. The number of rotatable bonds is 3. The predicted octanol–water partition coefficient (Wildman–Crippen LogP) is 3.04. The van der Waals surface area contributed by atoms with Gasteiger partial charge < -0.3 is 5.73 Å². The van der Waals surface area contributed by atoms with E-state index in [0.29, 0.717) is 0 Å². The van der Waals surface area contributed by atoms with Gasteiger partial charge in [0.05, 0.1) is 0 Å². The number of hydrogen-bond donors (Lipinski definition) is 1. The van der Waals surface area contributed by atoms with Gasteiger partial charge in [-0.2, -0.15) is 0 Å². The first-order valence-corrected chi connectivity index (χ1v) is 6.96. The first-order valence-electron chi connectivity index (χ1n) is 6.96. The Morgan fingerprint density at radius 2 is 1.53 bits per heavy atom. The van der Waals surface area contributed by atoms with Gasteiger partial charge in [0.1, 0.15) is 0 Å². The first-order chi connectivity index (χ1) is 7.26. The van der Waals surface area contributed by atoms with Crippen molar-refractivity contribution in [3.05, 3.63) is 0 Å². The van der Waals surface area contributed by atoms with Crippen LogP contribution >= 0.6 is 0 Å². The minimum Gasteiger partial charge on any atom is -0.330 e. The van der Waals surface area contributed by atoms with Gasteiger partial charge in [-0.25, -0.2) is 0 Å². The molecule has 86 valence electrons. The average molecular weight is 207 g/mol. The van der Waals surface area contributed by atoms with Crippen LogP contribution in [0.15, 0.2) is 0 Å². The van der Waals surface area contributed by atoms with E-state index in [-0.39, 0.29) is 0 Å². The molecule has 4 aliphatic carbocycles. The maximum absolute atomic E-state index is 5.78. The molecule has 0 aromatic heterocycles. The Balaban J connectivity index is 1.69. The van der Waals surface area contributed by atoms with E-state index in [1.54, 1.807) is 32.1 Å². The van der Waals surface area contributed by atoms with Crippen molar-refractivity contribution in [3.8, 4) is 0 Å². The lowest BCUT2D eigenvalue weighted by Gasteiger charge is -2.55. The van der Waals surface area contributed by atoms with Crippen LogP contribution < -0.4 is 5.73 Å². The van der Waals surface area contributed by atoms with Gasteiger partial charge in [0.15, 0.2) is 0 Å². The molecule has 0 aromatic rings. The SMILES string of the molecule is CC(CN)CC1C2CC3CC(C2)CC1C3. The highest BCUT2D eigenvalue weighted by Gasteiger charge is 2.47. The normalized spacial score (nSPS) is 49.6. The summed E-state index contributed by atoms with van der Waals surface area (Å²) in [4.78, 5) is 0. The van der Waals surface area contributed by atoms with E-state index >= 15 is 0 Å². The molecule has 0 aliphatic heterocycles. The molecule has 0 radical (unpaired) electrons. The lowest BCUT2D eigenvalue weighted by Crippen LogP contribution is -2.45. The van der Waals surface area contributed by atoms with E-state index in [9.17, 15) is 0 Å². The van der Waals surface area contributed by atoms with Crippen LogP contribution in [0.25, 0.3) is 0 Å². The first kappa shape index (κ1) is 10.1. The fourth-order valence-corrected chi connectivity index (χ4v) is 4.98. The maximum atomic E-state index is 5.78. The summed E-state index contributed by atoms with van der Waals surface area (Å²) in [7, 11) is 0. The molecular formula is C14H25N. The lowest BCUT2D eigenvalue weighted by atomic mass is 9.51. The standard InChI is InChI=1S/C14H25N/c1-9(8-15)2-14-12-4-10-3-11(6-12)7-13(14)5-10/h9-14H,2-8,15H2,1H3. The van der Waals surface area contributed by atoms with Crippen LogP contribution in [-0.2, 0) is 0 Å². The van der Waals surface area contributed by atoms with Crippen molar-refractivity contribution in [1.29, 1.82) is 0 Å². The van der Waals surface area contributed by atoms with Crippen LogP contribution in [0.3, 0.4) is 0 Å². The summed E-state index contributed by atoms with van der Waals surface area (Å²) in [5.41, 5.74) is 5.78. The van der Waals surface area contributed by atoms with Gasteiger partial charge in [-0.15, -0.1) is 0 Å². The van der Waals surface area contributed by atoms with Gasteiger partial charge in [-0.1, -0.05) is 6.92 Å². The maximum Gasteiger partial charge on any atom is -0.00514 e. The Morgan fingerprint density at radius 3 is 2.00 bits per heavy atom. The molecule has 4 fully saturated rings. The van der Waals surface area contributed by atoms with Crippen LogP contribution in [0.4, 0.5) is 0 Å². The monoisotopic (exact) mass is 207 g/mol. The Kier molecular flexibility index (Phi) is 2.54. The molecule has 15 heavy (non-hydrogen) atoms. The quantitative estimate of drug-likeness (QED) is 0.756. The zero-order valence-corrected chi connectivity index (χ0v) is 9.99. The Morgan fingerprint density at radius 1 is 1.00 bits per heavy atom. The molecule has 1 heteroatoms. The van der Waals surface area contributed by atoms with Gasteiger partial charge in [-0.3, -0.25) is 0 Å². The molecule has 1 atom stereocenters. The molecule has 2 N–H and O–H groups in total. The fraction of sp³-hybridized carbons (Fsp3) is 1.00. The molecular weight excluding hydrogens is 182 g/mol. The zero-order valence-electron chi connectivity index (χ0n) is 9.99. The molecule has 0 aromatic carbocycles. The minimum absolute atomic E-state index is 0.757. The minimum atomic E-state index is 0.757. The van der Waals surface area contributed by atoms with Crippen molar-refractivity contribution in [2.45, 2.75) is 45.4 Å². The van der Waals surface area contributed by atoms with Crippen molar-refractivity contribution < 1.29 is 0 Å². The van der Waals surface area contributed by atoms with E-state index in [1.165, 1.54) is 6.42 Å². The molecule has 0 spiro atoms. The van der Waals surface area contributed by atoms with Gasteiger partial charge in [0.25, 0.3) is 0 Å². The largest absolute Gasteiger partial charge is 0.330 e. The van der Waals surface area contributed by atoms with E-state index in [4.69, 9.17) is 5.73 Å². The van der Waals surface area contributed by atoms with Crippen molar-refractivity contribution in [1.82, 2.24) is 0 Å². The summed E-state index contributed by atoms with van der Waals surface area (Å²) >= 11 is 0. The summed E-state index contributed by atoms with van der Waals surface area (Å²) in [5, 5.41) is 0. The van der Waals surface area contributed by atoms with Crippen molar-refractivity contribution in [2.24, 2.45) is 41.2 Å². The lowest BCUT2D eigenvalue weighted by molar-refractivity contribution is -0.0444. The van der Waals surface area contributed by atoms with Crippen molar-refractivity contribution >= 4 is 0 Å². The molecule has 0 saturated heterocycles. The average Bonchev–Trinajstić information content (AvgIpc) is 2.22. The molecule has 4 bridgehead atoms. The highest BCUT2D eigenvalue weighted by Crippen LogP contribution is 2.57. The predicted molar refractivity (Wildman–Crippen MR) is 63.4 cm³/mol. The van der Waals surface area contributed by atoms with Crippen LogP contribution in [0.2, 0.25) is 0 Å². The summed E-state index contributed by atoms with van der Waals surface area (Å²) in [6.45, 7) is 3.23. The third-order valence-corrected chi connectivity index (χ3v) is 5.50. The second kappa shape index (κ2) is 3.76. The van der Waals surface area contributed by atoms with Crippen LogP contribution in [0.1, 0.15) is 45.4 Å². The summed E-state index contributed by atoms with van der Waals surface area (Å²) in [5.74, 6) is 6.24. The van der Waals surface area contributed by atoms with Crippen LogP contribution in [0.5, 0.6) is 0 Å². The molecule has 4 aliphatic rings. The molecule has 1 unspecified atom stereocenters. The third-order valence-electron chi connectivity index (χ3n) is 5.50. The Bertz CT molecular complexity index is 207. The molecule has 4 rings (SSSR count). The highest BCUT2D eigenvalue weighted by atomic mass is 14.6. The van der Waals surface area contributed by atoms with Crippen LogP contribution in [0, 0.1) is 35.5 Å². The van der Waals surface area contributed by atoms with Gasteiger partial charge in [-0.05, 0) is 80.6 Å². The highest BCUT2D eigenvalue weighted by molar-refractivity contribution is 4.98. The van der Waals surface area contributed by atoms with Gasteiger partial charge in [0, 0.05) is 0 Å². The summed E-state index contributed by atoms with van der Waals surface area (Å²) in [6.07, 6.45) is 9.26. The number of hydrogen-bond acceptors (Lipinski definition) is 1. The van der Waals surface area contributed by atoms with Crippen molar-refractivity contribution in [3.63, 3.8) is 0 Å². The topological polar surface area (TPSA) is 26.0 Å². The molecule has 0 amide bonds. The third kappa shape index (κ3) is 1.73. The van der Waals surface area contributed by atoms with E-state index < -0.39 is 0 Å². The summed E-state index contributed by atoms with van der Waals surface area (Å²) in [6, 6.07) is 0. The van der Waals surface area contributed by atoms with Crippen LogP contribution in [-0.4, -0.2) is 6.54 Å². The molecule has 1 nitrogen and oxygen atoms in total. The molecule has 0 heterocycles.